The molecule has 1 unspecified atom stereocenters. The zero-order valence-electron chi connectivity index (χ0n) is 16.3. The van der Waals surface area contributed by atoms with Crippen molar-refractivity contribution in [2.45, 2.75) is 26.4 Å². The average molecular weight is 407 g/mol. The van der Waals surface area contributed by atoms with Gasteiger partial charge in [-0.15, -0.1) is 0 Å². The Hall–Kier alpha value is -2.26. The van der Waals surface area contributed by atoms with E-state index in [4.69, 9.17) is 0 Å². The molecule has 1 aliphatic rings. The van der Waals surface area contributed by atoms with E-state index in [1.54, 1.807) is 12.1 Å². The van der Waals surface area contributed by atoms with Crippen LogP contribution in [0.25, 0.3) is 0 Å². The molecule has 2 aromatic rings. The van der Waals surface area contributed by atoms with Crippen molar-refractivity contribution < 1.29 is 9.50 Å². The summed E-state index contributed by atoms with van der Waals surface area (Å²) in [6.45, 7) is 8.40. The molecule has 2 heterocycles. The zero-order chi connectivity index (χ0) is 19.9. The molecular formula is C19H27FN6OS. The van der Waals surface area contributed by atoms with E-state index in [1.807, 2.05) is 6.92 Å². The number of halogens is 1. The molecular weight excluding hydrogens is 379 g/mol. The number of guanidine groups is 1. The van der Waals surface area contributed by atoms with Crippen LogP contribution in [0, 0.1) is 5.82 Å². The van der Waals surface area contributed by atoms with Crippen LogP contribution in [0.15, 0.2) is 29.3 Å². The number of anilines is 1. The Morgan fingerprint density at radius 2 is 1.96 bits per heavy atom. The Morgan fingerprint density at radius 1 is 1.25 bits per heavy atom. The maximum absolute atomic E-state index is 13.0. The molecule has 0 spiro atoms. The molecule has 1 aromatic heterocycles. The largest absolute Gasteiger partial charge is 0.386 e. The lowest BCUT2D eigenvalue weighted by Crippen LogP contribution is -2.52. The highest BCUT2D eigenvalue weighted by molar-refractivity contribution is 7.09. The van der Waals surface area contributed by atoms with E-state index in [0.29, 0.717) is 5.56 Å². The lowest BCUT2D eigenvalue weighted by atomic mass is 10.1. The van der Waals surface area contributed by atoms with E-state index in [-0.39, 0.29) is 12.4 Å². The molecule has 0 radical (unpaired) electrons. The smallest absolute Gasteiger partial charge is 0.205 e. The van der Waals surface area contributed by atoms with Gasteiger partial charge in [0.15, 0.2) is 5.96 Å². The number of aryl methyl sites for hydroxylation is 1. The van der Waals surface area contributed by atoms with E-state index in [0.717, 1.165) is 56.1 Å². The van der Waals surface area contributed by atoms with Crippen LogP contribution in [0.1, 0.15) is 31.3 Å². The predicted octanol–water partition coefficient (Wildman–Crippen LogP) is 2.06. The summed E-state index contributed by atoms with van der Waals surface area (Å²) in [5.74, 6) is 1.37. The minimum Gasteiger partial charge on any atom is -0.386 e. The molecule has 1 saturated heterocycles. The average Bonchev–Trinajstić information content (AvgIpc) is 3.21. The molecule has 1 atom stereocenters. The molecule has 28 heavy (non-hydrogen) atoms. The quantitative estimate of drug-likeness (QED) is 0.565. The van der Waals surface area contributed by atoms with Gasteiger partial charge in [-0.2, -0.15) is 4.37 Å². The maximum atomic E-state index is 13.0. The van der Waals surface area contributed by atoms with Crippen molar-refractivity contribution >= 4 is 22.6 Å². The Bertz CT molecular complexity index is 773. The van der Waals surface area contributed by atoms with Crippen molar-refractivity contribution in [3.63, 3.8) is 0 Å². The first-order valence-corrected chi connectivity index (χ1v) is 10.4. The topological polar surface area (TPSA) is 76.9 Å². The summed E-state index contributed by atoms with van der Waals surface area (Å²) in [5, 5.41) is 14.6. The Morgan fingerprint density at radius 3 is 2.57 bits per heavy atom. The predicted molar refractivity (Wildman–Crippen MR) is 110 cm³/mol. The first kappa shape index (κ1) is 20.5. The number of aromatic nitrogens is 2. The fourth-order valence-corrected chi connectivity index (χ4v) is 3.82. The van der Waals surface area contributed by atoms with Gasteiger partial charge in [-0.1, -0.05) is 19.1 Å². The van der Waals surface area contributed by atoms with Crippen molar-refractivity contribution in [1.29, 1.82) is 0 Å². The number of nitrogens with zero attached hydrogens (tertiary/aromatic N) is 5. The summed E-state index contributed by atoms with van der Waals surface area (Å²) in [7, 11) is 0. The summed E-state index contributed by atoms with van der Waals surface area (Å²) in [5.41, 5.74) is 0.661. The van der Waals surface area contributed by atoms with Crippen LogP contribution in [0.4, 0.5) is 9.52 Å². The van der Waals surface area contributed by atoms with Gasteiger partial charge in [-0.25, -0.2) is 9.37 Å². The summed E-state index contributed by atoms with van der Waals surface area (Å²) < 4.78 is 17.4. The molecule has 2 N–H and O–H groups in total. The molecule has 1 aromatic carbocycles. The second-order valence-corrected chi connectivity index (χ2v) is 7.31. The zero-order valence-corrected chi connectivity index (χ0v) is 17.1. The van der Waals surface area contributed by atoms with Crippen LogP contribution >= 0.6 is 11.5 Å². The molecule has 7 nitrogen and oxygen atoms in total. The van der Waals surface area contributed by atoms with Gasteiger partial charge in [0.05, 0.1) is 12.6 Å². The van der Waals surface area contributed by atoms with E-state index in [1.165, 1.54) is 23.7 Å². The van der Waals surface area contributed by atoms with Gasteiger partial charge < -0.3 is 20.2 Å². The van der Waals surface area contributed by atoms with Crippen LogP contribution < -0.4 is 10.2 Å². The van der Waals surface area contributed by atoms with Crippen LogP contribution in [0.3, 0.4) is 0 Å². The normalized spacial score (nSPS) is 16.4. The van der Waals surface area contributed by atoms with E-state index < -0.39 is 6.10 Å². The van der Waals surface area contributed by atoms with Crippen LogP contribution in [0.2, 0.25) is 0 Å². The Balaban J connectivity index is 1.59. The van der Waals surface area contributed by atoms with Gasteiger partial charge in [0.1, 0.15) is 11.6 Å². The third kappa shape index (κ3) is 5.17. The minimum atomic E-state index is -0.760. The molecule has 1 aliphatic heterocycles. The van der Waals surface area contributed by atoms with Gasteiger partial charge in [0.25, 0.3) is 0 Å². The third-order valence-corrected chi connectivity index (χ3v) is 5.44. The minimum absolute atomic E-state index is 0.227. The van der Waals surface area contributed by atoms with Crippen molar-refractivity contribution in [3.05, 3.63) is 41.5 Å². The summed E-state index contributed by atoms with van der Waals surface area (Å²) in [4.78, 5) is 13.6. The fourth-order valence-electron chi connectivity index (χ4n) is 3.02. The molecule has 1 fully saturated rings. The number of hydrogen-bond acceptors (Lipinski definition) is 6. The van der Waals surface area contributed by atoms with Crippen LogP contribution in [-0.4, -0.2) is 64.6 Å². The van der Waals surface area contributed by atoms with Crippen molar-refractivity contribution in [3.8, 4) is 0 Å². The van der Waals surface area contributed by atoms with Crippen molar-refractivity contribution in [2.24, 2.45) is 4.99 Å². The first-order chi connectivity index (χ1) is 13.6. The SMILES string of the molecule is CCNC(=NCC(O)c1ccc(F)cc1)N1CCN(c2nc(CC)ns2)CC1. The highest BCUT2D eigenvalue weighted by Crippen LogP contribution is 2.19. The maximum Gasteiger partial charge on any atom is 0.205 e. The molecule has 0 bridgehead atoms. The van der Waals surface area contributed by atoms with Crippen LogP contribution in [-0.2, 0) is 6.42 Å². The molecule has 3 rings (SSSR count). The van der Waals surface area contributed by atoms with Gasteiger partial charge in [-0.3, -0.25) is 4.99 Å². The van der Waals surface area contributed by atoms with E-state index in [2.05, 4.69) is 36.4 Å². The van der Waals surface area contributed by atoms with Gasteiger partial charge in [0.2, 0.25) is 5.13 Å². The Labute approximate surface area is 169 Å². The second kappa shape index (κ2) is 9.79. The number of aliphatic imine (C=N–C) groups is 1. The highest BCUT2D eigenvalue weighted by Gasteiger charge is 2.22. The first-order valence-electron chi connectivity index (χ1n) is 9.65. The number of benzene rings is 1. The number of aliphatic hydroxyl groups is 1. The molecule has 0 amide bonds. The summed E-state index contributed by atoms with van der Waals surface area (Å²) in [6.07, 6.45) is 0.0915. The fraction of sp³-hybridized carbons (Fsp3) is 0.526. The van der Waals surface area contributed by atoms with E-state index in [9.17, 15) is 9.50 Å². The molecule has 152 valence electrons. The molecule has 9 heteroatoms. The van der Waals surface area contributed by atoms with Gasteiger partial charge in [-0.05, 0) is 24.6 Å². The van der Waals surface area contributed by atoms with E-state index >= 15 is 0 Å². The standard InChI is InChI=1S/C19H27FN6OS/c1-3-17-23-19(28-24-17)26-11-9-25(10-12-26)18(21-4-2)22-13-16(27)14-5-7-15(20)8-6-14/h5-8,16,27H,3-4,9-13H2,1-2H3,(H,21,22). The molecule has 0 aliphatic carbocycles. The van der Waals surface area contributed by atoms with Crippen LogP contribution in [0.5, 0.6) is 0 Å². The highest BCUT2D eigenvalue weighted by atomic mass is 32.1. The second-order valence-electron chi connectivity index (χ2n) is 6.58. The van der Waals surface area contributed by atoms with Gasteiger partial charge >= 0.3 is 0 Å². The van der Waals surface area contributed by atoms with Gasteiger partial charge in [0, 0.05) is 50.7 Å². The number of rotatable bonds is 6. The molecule has 0 saturated carbocycles. The summed E-state index contributed by atoms with van der Waals surface area (Å²) in [6, 6.07) is 5.88. The summed E-state index contributed by atoms with van der Waals surface area (Å²) >= 11 is 1.45. The number of hydrogen-bond donors (Lipinski definition) is 2. The Kier molecular flexibility index (Phi) is 7.16. The number of nitrogens with one attached hydrogen (secondary N) is 1. The number of piperazine rings is 1. The van der Waals surface area contributed by atoms with Crippen molar-refractivity contribution in [1.82, 2.24) is 19.6 Å². The van der Waals surface area contributed by atoms with Crippen molar-refractivity contribution in [2.75, 3.05) is 44.2 Å². The number of aliphatic hydroxyl groups excluding tert-OH is 1. The lowest BCUT2D eigenvalue weighted by molar-refractivity contribution is 0.186. The third-order valence-electron chi connectivity index (χ3n) is 4.63. The lowest BCUT2D eigenvalue weighted by Gasteiger charge is -2.36. The monoisotopic (exact) mass is 406 g/mol.